The number of nitrogens with zero attached hydrogens (tertiary/aromatic N) is 1. The quantitative estimate of drug-likeness (QED) is 0.921. The fraction of sp³-hybridized carbons (Fsp3) is 0.333. The molecule has 0 saturated heterocycles. The van der Waals surface area contributed by atoms with E-state index < -0.39 is 5.97 Å². The predicted molar refractivity (Wildman–Crippen MR) is 79.9 cm³/mol. The number of carboxylic acids is 1. The minimum Gasteiger partial charge on any atom is -0.478 e. The Morgan fingerprint density at radius 3 is 2.71 bits per heavy atom. The molecule has 0 bridgehead atoms. The van der Waals surface area contributed by atoms with E-state index in [1.165, 1.54) is 22.3 Å². The average Bonchev–Trinajstić information content (AvgIpc) is 3.03. The molecule has 2 aromatic rings. The number of aryl methyl sites for hydroxylation is 2. The summed E-state index contributed by atoms with van der Waals surface area (Å²) in [5.74, 6) is -0.283. The molecule has 0 spiro atoms. The third-order valence-electron chi connectivity index (χ3n) is 3.26. The van der Waals surface area contributed by atoms with Crippen LogP contribution in [0.5, 0.6) is 0 Å². The van der Waals surface area contributed by atoms with Gasteiger partial charge in [-0.3, -0.25) is 4.79 Å². The Bertz CT molecular complexity index is 671. The zero-order chi connectivity index (χ0) is 15.6. The van der Waals surface area contributed by atoms with Crippen molar-refractivity contribution < 1.29 is 19.1 Å². The lowest BCUT2D eigenvalue weighted by Crippen LogP contribution is -2.26. The van der Waals surface area contributed by atoms with Crippen LogP contribution in [0.4, 0.5) is 0 Å². The Morgan fingerprint density at radius 2 is 2.14 bits per heavy atom. The highest BCUT2D eigenvalue weighted by Crippen LogP contribution is 2.21. The van der Waals surface area contributed by atoms with Crippen molar-refractivity contribution in [3.63, 3.8) is 0 Å². The molecule has 0 aliphatic carbocycles. The van der Waals surface area contributed by atoms with Gasteiger partial charge in [0.15, 0.2) is 0 Å². The van der Waals surface area contributed by atoms with Gasteiger partial charge in [0, 0.05) is 7.05 Å². The van der Waals surface area contributed by atoms with Crippen LogP contribution in [0.3, 0.4) is 0 Å². The van der Waals surface area contributed by atoms with Gasteiger partial charge in [0.25, 0.3) is 5.91 Å². The topological polar surface area (TPSA) is 70.8 Å². The number of aromatic carboxylic acids is 1. The highest BCUT2D eigenvalue weighted by atomic mass is 32.1. The Balaban J connectivity index is 2.14. The first-order valence-corrected chi connectivity index (χ1v) is 7.46. The van der Waals surface area contributed by atoms with E-state index in [0.717, 1.165) is 16.9 Å². The van der Waals surface area contributed by atoms with Gasteiger partial charge in [-0.15, -0.1) is 11.3 Å². The number of carboxylic acid groups (broad SMARTS) is 1. The Morgan fingerprint density at radius 1 is 1.43 bits per heavy atom. The smallest absolute Gasteiger partial charge is 0.339 e. The summed E-state index contributed by atoms with van der Waals surface area (Å²) in [7, 11) is 1.68. The number of rotatable bonds is 5. The number of thiophene rings is 1. The number of amides is 1. The van der Waals surface area contributed by atoms with Crippen LogP contribution in [0.15, 0.2) is 21.9 Å². The molecule has 0 aromatic carbocycles. The van der Waals surface area contributed by atoms with Crippen LogP contribution < -0.4 is 0 Å². The van der Waals surface area contributed by atoms with Crippen molar-refractivity contribution in [2.24, 2.45) is 0 Å². The Kier molecular flexibility index (Phi) is 4.47. The fourth-order valence-corrected chi connectivity index (χ4v) is 3.10. The zero-order valence-corrected chi connectivity index (χ0v) is 13.0. The molecule has 0 unspecified atom stereocenters. The second-order valence-electron chi connectivity index (χ2n) is 4.78. The van der Waals surface area contributed by atoms with E-state index in [9.17, 15) is 9.59 Å². The summed E-state index contributed by atoms with van der Waals surface area (Å²) in [6, 6.07) is 3.42. The predicted octanol–water partition coefficient (Wildman–Crippen LogP) is 3.18. The fourth-order valence-electron chi connectivity index (χ4n) is 2.11. The molecule has 21 heavy (non-hydrogen) atoms. The molecule has 2 heterocycles. The molecule has 0 saturated carbocycles. The van der Waals surface area contributed by atoms with Gasteiger partial charge in [0.05, 0.1) is 11.4 Å². The molecule has 1 N–H and O–H groups in total. The monoisotopic (exact) mass is 307 g/mol. The van der Waals surface area contributed by atoms with Gasteiger partial charge in [-0.05, 0) is 36.4 Å². The van der Waals surface area contributed by atoms with Crippen LogP contribution in [0.1, 0.15) is 44.0 Å². The molecule has 0 atom stereocenters. The molecule has 2 rings (SSSR count). The summed E-state index contributed by atoms with van der Waals surface area (Å²) < 4.78 is 5.40. The van der Waals surface area contributed by atoms with Crippen molar-refractivity contribution >= 4 is 23.2 Å². The first kappa shape index (κ1) is 15.3. The molecule has 112 valence electrons. The molecule has 1 amide bonds. The molecular weight excluding hydrogens is 290 g/mol. The summed E-state index contributed by atoms with van der Waals surface area (Å²) in [6.07, 6.45) is 0.807. The number of furan rings is 1. The van der Waals surface area contributed by atoms with E-state index >= 15 is 0 Å². The standard InChI is InChI=1S/C15H17NO4S/c1-4-10-5-6-21-13(10)14(17)16(3)8-11-7-12(15(18)19)9(2)20-11/h5-7H,4,8H2,1-3H3,(H,18,19). The third-order valence-corrected chi connectivity index (χ3v) is 4.21. The molecule has 0 aliphatic rings. The molecular formula is C15H17NO4S. The second kappa shape index (κ2) is 6.13. The highest BCUT2D eigenvalue weighted by Gasteiger charge is 2.20. The van der Waals surface area contributed by atoms with E-state index in [-0.39, 0.29) is 18.0 Å². The maximum Gasteiger partial charge on any atom is 0.339 e. The summed E-state index contributed by atoms with van der Waals surface area (Å²) in [4.78, 5) is 25.6. The zero-order valence-electron chi connectivity index (χ0n) is 12.2. The summed E-state index contributed by atoms with van der Waals surface area (Å²) >= 11 is 1.42. The van der Waals surface area contributed by atoms with Gasteiger partial charge in [-0.25, -0.2) is 4.79 Å². The Hall–Kier alpha value is -2.08. The molecule has 6 heteroatoms. The minimum absolute atomic E-state index is 0.0761. The van der Waals surface area contributed by atoms with Gasteiger partial charge in [0.2, 0.25) is 0 Å². The van der Waals surface area contributed by atoms with Gasteiger partial charge in [-0.1, -0.05) is 6.92 Å². The summed E-state index contributed by atoms with van der Waals surface area (Å²) in [5, 5.41) is 10.9. The van der Waals surface area contributed by atoms with Gasteiger partial charge in [0.1, 0.15) is 17.1 Å². The van der Waals surface area contributed by atoms with Gasteiger partial charge in [-0.2, -0.15) is 0 Å². The van der Waals surface area contributed by atoms with E-state index in [1.807, 2.05) is 18.4 Å². The maximum atomic E-state index is 12.4. The van der Waals surface area contributed by atoms with E-state index in [4.69, 9.17) is 9.52 Å². The number of carbonyl (C=O) groups excluding carboxylic acids is 1. The van der Waals surface area contributed by atoms with E-state index in [2.05, 4.69) is 0 Å². The van der Waals surface area contributed by atoms with Crippen molar-refractivity contribution in [3.05, 3.63) is 45.0 Å². The maximum absolute atomic E-state index is 12.4. The van der Waals surface area contributed by atoms with Crippen molar-refractivity contribution in [2.45, 2.75) is 26.8 Å². The van der Waals surface area contributed by atoms with Crippen molar-refractivity contribution in [1.82, 2.24) is 4.90 Å². The lowest BCUT2D eigenvalue weighted by molar-refractivity contribution is 0.0694. The van der Waals surface area contributed by atoms with Crippen LogP contribution >= 0.6 is 11.3 Å². The SMILES string of the molecule is CCc1ccsc1C(=O)N(C)Cc1cc(C(=O)O)c(C)o1. The molecule has 0 radical (unpaired) electrons. The average molecular weight is 307 g/mol. The number of hydrogen-bond acceptors (Lipinski definition) is 4. The summed E-state index contributed by atoms with van der Waals surface area (Å²) in [5.41, 5.74) is 1.16. The van der Waals surface area contributed by atoms with Crippen LogP contribution in [0, 0.1) is 6.92 Å². The first-order chi connectivity index (χ1) is 9.93. The molecule has 0 aliphatic heterocycles. The van der Waals surface area contributed by atoms with Gasteiger partial charge >= 0.3 is 5.97 Å². The Labute approximate surface area is 126 Å². The first-order valence-electron chi connectivity index (χ1n) is 6.58. The van der Waals surface area contributed by atoms with E-state index in [1.54, 1.807) is 14.0 Å². The summed E-state index contributed by atoms with van der Waals surface area (Å²) in [6.45, 7) is 3.85. The van der Waals surface area contributed by atoms with Crippen LogP contribution in [-0.4, -0.2) is 28.9 Å². The van der Waals surface area contributed by atoms with E-state index in [0.29, 0.717) is 11.5 Å². The van der Waals surface area contributed by atoms with Crippen LogP contribution in [0.25, 0.3) is 0 Å². The normalized spacial score (nSPS) is 10.6. The number of hydrogen-bond donors (Lipinski definition) is 1. The van der Waals surface area contributed by atoms with Crippen molar-refractivity contribution in [1.29, 1.82) is 0 Å². The number of carbonyl (C=O) groups is 2. The lowest BCUT2D eigenvalue weighted by atomic mass is 10.2. The highest BCUT2D eigenvalue weighted by molar-refractivity contribution is 7.12. The second-order valence-corrected chi connectivity index (χ2v) is 5.69. The molecule has 2 aromatic heterocycles. The minimum atomic E-state index is -1.02. The van der Waals surface area contributed by atoms with Crippen LogP contribution in [-0.2, 0) is 13.0 Å². The third kappa shape index (κ3) is 3.16. The molecule has 0 fully saturated rings. The van der Waals surface area contributed by atoms with Crippen LogP contribution in [0.2, 0.25) is 0 Å². The largest absolute Gasteiger partial charge is 0.478 e. The molecule has 5 nitrogen and oxygen atoms in total. The van der Waals surface area contributed by atoms with Crippen molar-refractivity contribution in [3.8, 4) is 0 Å². The van der Waals surface area contributed by atoms with Crippen molar-refractivity contribution in [2.75, 3.05) is 7.05 Å². The lowest BCUT2D eigenvalue weighted by Gasteiger charge is -2.15. The van der Waals surface area contributed by atoms with Gasteiger partial charge < -0.3 is 14.4 Å².